The first kappa shape index (κ1) is 19.1. The molecular weight excluding hydrogens is 230 g/mol. The van der Waals surface area contributed by atoms with Crippen molar-refractivity contribution in [1.82, 2.24) is 0 Å². The van der Waals surface area contributed by atoms with Crippen LogP contribution in [0.25, 0.3) is 0 Å². The summed E-state index contributed by atoms with van der Waals surface area (Å²) < 4.78 is 43.8. The van der Waals surface area contributed by atoms with Gasteiger partial charge in [-0.15, -0.1) is 3.63 Å². The Balaban J connectivity index is -0.000000320. The number of rotatable bonds is 2. The minimum absolute atomic E-state index is 0. The Morgan fingerprint density at radius 2 is 1.09 bits per heavy atom. The SMILES string of the molecule is CS(=O)(=O)OS(C)(=O)=O.[KH].[NaH]. The van der Waals surface area contributed by atoms with Gasteiger partial charge >= 0.3 is 80.9 Å². The van der Waals surface area contributed by atoms with Crippen LogP contribution in [-0.2, 0) is 23.9 Å². The van der Waals surface area contributed by atoms with Gasteiger partial charge in [-0.3, -0.25) is 0 Å². The molecule has 0 aromatic carbocycles. The molecule has 0 bridgehead atoms. The van der Waals surface area contributed by atoms with E-state index in [9.17, 15) is 16.8 Å². The van der Waals surface area contributed by atoms with Crippen molar-refractivity contribution in [2.75, 3.05) is 12.5 Å². The van der Waals surface area contributed by atoms with Crippen LogP contribution in [0.4, 0.5) is 0 Å². The molecule has 9 heteroatoms. The Hall–Kier alpha value is 2.50. The molecule has 0 saturated heterocycles. The molecule has 0 aliphatic carbocycles. The Bertz CT molecular complexity index is 248. The molecule has 0 fully saturated rings. The van der Waals surface area contributed by atoms with Crippen molar-refractivity contribution in [2.24, 2.45) is 0 Å². The zero-order valence-electron chi connectivity index (χ0n) is 4.86. The third kappa shape index (κ3) is 19.1. The predicted octanol–water partition coefficient (Wildman–Crippen LogP) is -2.37. The minimum atomic E-state index is -3.87. The van der Waals surface area contributed by atoms with Gasteiger partial charge in [0.05, 0.1) is 12.5 Å². The normalized spacial score (nSPS) is 11.1. The molecule has 0 aromatic rings. The van der Waals surface area contributed by atoms with E-state index in [-0.39, 0.29) is 80.9 Å². The fraction of sp³-hybridized carbons (Fsp3) is 1.00. The van der Waals surface area contributed by atoms with Crippen molar-refractivity contribution in [3.8, 4) is 0 Å². The zero-order chi connectivity index (χ0) is 7.71. The second-order valence-corrected chi connectivity index (χ2v) is 4.84. The molecule has 0 atom stereocenters. The predicted molar refractivity (Wildman–Crippen MR) is 45.1 cm³/mol. The molecule has 0 amide bonds. The van der Waals surface area contributed by atoms with E-state index >= 15 is 0 Å². The summed E-state index contributed by atoms with van der Waals surface area (Å²) >= 11 is 0. The second-order valence-electron chi connectivity index (χ2n) is 1.48. The molecule has 0 saturated carbocycles. The summed E-state index contributed by atoms with van der Waals surface area (Å²) in [5.41, 5.74) is 0. The van der Waals surface area contributed by atoms with E-state index in [2.05, 4.69) is 3.63 Å². The number of hydrogen-bond acceptors (Lipinski definition) is 5. The van der Waals surface area contributed by atoms with Gasteiger partial charge in [0.25, 0.3) is 20.2 Å². The Kier molecular flexibility index (Phi) is 12.0. The van der Waals surface area contributed by atoms with E-state index in [1.807, 2.05) is 0 Å². The van der Waals surface area contributed by atoms with Crippen LogP contribution < -0.4 is 0 Å². The Morgan fingerprint density at radius 1 is 0.909 bits per heavy atom. The molecule has 0 aromatic heterocycles. The van der Waals surface area contributed by atoms with Crippen molar-refractivity contribution in [2.45, 2.75) is 0 Å². The van der Waals surface area contributed by atoms with Gasteiger partial charge < -0.3 is 0 Å². The zero-order valence-corrected chi connectivity index (χ0v) is 6.49. The van der Waals surface area contributed by atoms with Crippen molar-refractivity contribution in [3.05, 3.63) is 0 Å². The van der Waals surface area contributed by atoms with Crippen LogP contribution in [0.5, 0.6) is 0 Å². The molecule has 0 rings (SSSR count). The van der Waals surface area contributed by atoms with Crippen LogP contribution in [0.1, 0.15) is 0 Å². The van der Waals surface area contributed by atoms with Crippen molar-refractivity contribution < 1.29 is 20.5 Å². The summed E-state index contributed by atoms with van der Waals surface area (Å²) in [6, 6.07) is 0. The van der Waals surface area contributed by atoms with Gasteiger partial charge in [-0.2, -0.15) is 16.8 Å². The first-order valence-electron chi connectivity index (χ1n) is 1.82. The molecule has 0 radical (unpaired) electrons. The standard InChI is InChI=1S/C2H6O5S2.K.Na.2H/c1-8(3,4)7-9(2,5)6;;;;/h1-2H3;;;;. The van der Waals surface area contributed by atoms with E-state index < -0.39 is 20.2 Å². The summed E-state index contributed by atoms with van der Waals surface area (Å²) in [4.78, 5) is 0. The fourth-order valence-corrected chi connectivity index (χ4v) is 2.02. The van der Waals surface area contributed by atoms with Crippen LogP contribution in [0.3, 0.4) is 0 Å². The van der Waals surface area contributed by atoms with E-state index in [0.717, 1.165) is 0 Å². The monoisotopic (exact) mass is 238 g/mol. The van der Waals surface area contributed by atoms with Gasteiger partial charge in [-0.05, 0) is 0 Å². The van der Waals surface area contributed by atoms with E-state index in [0.29, 0.717) is 12.5 Å². The summed E-state index contributed by atoms with van der Waals surface area (Å²) in [6.07, 6.45) is 1.32. The number of hydrogen-bond donors (Lipinski definition) is 0. The average Bonchev–Trinajstić information content (AvgIpc) is 1.14. The first-order valence-corrected chi connectivity index (χ1v) is 5.45. The topological polar surface area (TPSA) is 77.5 Å². The summed E-state index contributed by atoms with van der Waals surface area (Å²) in [7, 11) is -7.74. The summed E-state index contributed by atoms with van der Waals surface area (Å²) in [6.45, 7) is 0. The molecule has 0 unspecified atom stereocenters. The molecule has 0 aliphatic rings. The first-order chi connectivity index (χ1) is 3.71. The van der Waals surface area contributed by atoms with Crippen LogP contribution in [0.15, 0.2) is 0 Å². The van der Waals surface area contributed by atoms with Crippen LogP contribution in [-0.4, -0.2) is 110 Å². The van der Waals surface area contributed by atoms with Gasteiger partial charge in [0.15, 0.2) is 0 Å². The molecular formula is C2H8KNaO5S2. The maximum absolute atomic E-state index is 10.0. The quantitative estimate of drug-likeness (QED) is 0.502. The van der Waals surface area contributed by atoms with E-state index in [4.69, 9.17) is 0 Å². The van der Waals surface area contributed by atoms with Gasteiger partial charge in [-0.1, -0.05) is 0 Å². The van der Waals surface area contributed by atoms with Crippen molar-refractivity contribution in [1.29, 1.82) is 0 Å². The fourth-order valence-electron chi connectivity index (χ4n) is 0.225. The molecule has 0 spiro atoms. The third-order valence-corrected chi connectivity index (χ3v) is 2.22. The van der Waals surface area contributed by atoms with E-state index in [1.54, 1.807) is 0 Å². The maximum atomic E-state index is 10.0. The third-order valence-electron chi connectivity index (χ3n) is 0.247. The molecule has 5 nitrogen and oxygen atoms in total. The molecule has 60 valence electrons. The average molecular weight is 238 g/mol. The molecule has 0 N–H and O–H groups in total. The van der Waals surface area contributed by atoms with Gasteiger partial charge in [-0.25, -0.2) is 0 Å². The van der Waals surface area contributed by atoms with Gasteiger partial charge in [0.2, 0.25) is 0 Å². The van der Waals surface area contributed by atoms with Crippen LogP contribution >= 0.6 is 0 Å². The van der Waals surface area contributed by atoms with Crippen molar-refractivity contribution in [3.63, 3.8) is 0 Å². The summed E-state index contributed by atoms with van der Waals surface area (Å²) in [5.74, 6) is 0. The summed E-state index contributed by atoms with van der Waals surface area (Å²) in [5, 5.41) is 0. The van der Waals surface area contributed by atoms with Gasteiger partial charge in [0, 0.05) is 0 Å². The second kappa shape index (κ2) is 6.88. The van der Waals surface area contributed by atoms with Crippen LogP contribution in [0.2, 0.25) is 0 Å². The van der Waals surface area contributed by atoms with E-state index in [1.165, 1.54) is 0 Å². The van der Waals surface area contributed by atoms with Crippen molar-refractivity contribution >= 4 is 101 Å². The Labute approximate surface area is 131 Å². The van der Waals surface area contributed by atoms with Crippen LogP contribution in [0, 0.1) is 0 Å². The Morgan fingerprint density at radius 3 is 1.09 bits per heavy atom. The molecule has 0 aliphatic heterocycles. The van der Waals surface area contributed by atoms with Gasteiger partial charge in [0.1, 0.15) is 0 Å². The molecule has 0 heterocycles. The molecule has 11 heavy (non-hydrogen) atoms.